The van der Waals surface area contributed by atoms with E-state index in [0.717, 1.165) is 34.6 Å². The van der Waals surface area contributed by atoms with E-state index in [1.54, 1.807) is 0 Å². The van der Waals surface area contributed by atoms with E-state index in [1.807, 2.05) is 0 Å². The van der Waals surface area contributed by atoms with Crippen LogP contribution in [0.15, 0.2) is 0 Å². The van der Waals surface area contributed by atoms with Gasteiger partial charge in [-0.1, -0.05) is 0 Å². The lowest BCUT2D eigenvalue weighted by atomic mass is 9.93. The number of carbonyl (C=O) groups is 5. The fourth-order valence-electron chi connectivity index (χ4n) is 14.9. The molecule has 45 atom stereocenters. The first-order valence-corrected chi connectivity index (χ1v) is 36.6. The molecule has 664 valence electrons. The van der Waals surface area contributed by atoms with Crippen molar-refractivity contribution in [2.75, 3.05) is 59.5 Å². The minimum absolute atomic E-state index is 0.791. The number of aliphatic hydroxyl groups excluding tert-OH is 24. The molecule has 0 unspecified atom stereocenters. The Labute approximate surface area is 651 Å². The van der Waals surface area contributed by atoms with E-state index in [9.17, 15) is 147 Å². The van der Waals surface area contributed by atoms with Gasteiger partial charge in [-0.05, 0) is 0 Å². The van der Waals surface area contributed by atoms with Gasteiger partial charge in [0.05, 0.1) is 59.5 Å². The molecule has 0 aromatic carbocycles. The van der Waals surface area contributed by atoms with Crippen LogP contribution in [0, 0.1) is 0 Å². The van der Waals surface area contributed by atoms with Crippen molar-refractivity contribution in [3.63, 3.8) is 0 Å². The molecule has 9 fully saturated rings. The van der Waals surface area contributed by atoms with Crippen LogP contribution < -0.4 is 26.6 Å². The summed E-state index contributed by atoms with van der Waals surface area (Å²) in [5.41, 5.74) is 0. The molecular formula is C64H107N5O46. The summed E-state index contributed by atoms with van der Waals surface area (Å²) in [6.07, 6.45) is -83.7. The number of hydrogen-bond donors (Lipinski definition) is 29. The molecule has 5 amide bonds. The van der Waals surface area contributed by atoms with Gasteiger partial charge in [0.2, 0.25) is 29.5 Å². The van der Waals surface area contributed by atoms with Crippen molar-refractivity contribution in [1.29, 1.82) is 0 Å². The van der Waals surface area contributed by atoms with Crippen LogP contribution in [-0.2, 0) is 104 Å². The lowest BCUT2D eigenvalue weighted by Crippen LogP contribution is -2.71. The van der Waals surface area contributed by atoms with Crippen molar-refractivity contribution in [3.05, 3.63) is 0 Å². The zero-order valence-corrected chi connectivity index (χ0v) is 62.1. The Morgan fingerprint density at radius 3 is 0.878 bits per heavy atom. The molecule has 0 radical (unpaired) electrons. The number of carbonyl (C=O) groups excluding carboxylic acids is 5. The van der Waals surface area contributed by atoms with E-state index >= 15 is 0 Å². The first-order valence-electron chi connectivity index (χ1n) is 36.6. The van der Waals surface area contributed by atoms with Crippen molar-refractivity contribution in [3.8, 4) is 0 Å². The molecule has 0 saturated carbocycles. The zero-order valence-electron chi connectivity index (χ0n) is 62.1. The standard InChI is InChI=1S/C64H107N5O46/c1-15(78)65-29-41(90)49(24(10-74)100-56(29)98)109-59-32(68-18(4)81)43(92)51(26(12-76)105-59)112-62-48(97)53(113-64-54(45(94)37(86)23(9-73)104-64)114-57-30(66-16(2)79)39(88)34(83)20(6-70)101-57)38(87)28(108-62)14-99-63-55(115-58-31(67-17(3)80)40(89)35(84)21(7-71)102-58)47(96)52(27(13-77)107-63)110-60-33(69-19(5)82)42(91)50(25(11-75)106-60)111-61-46(95)44(93)36(85)22(8-72)103-61/h20-64,70-77,83-98H,6-14H2,1-5H3,(H,65,78)(H,66,79)(H,67,80)(H,68,81)(H,69,82)/t20-,21-,22-,23-,24-,25-,26-,27-,28-,29-,30-,31-,32-,33-,34-,35-,36+,37-,38-,39-,40-,41-,42-,43-,44+,45+,46-,47+,48+,49-,50-,51-,52-,53+,54+,55+,56-,57+,58+,59+,60+,61+,62+,63+,64-/m1/s1. The monoisotopic (exact) mass is 1680 g/mol. The average Bonchev–Trinajstić information content (AvgIpc) is 0.783. The molecule has 0 aliphatic carbocycles. The third-order valence-electron chi connectivity index (χ3n) is 20.8. The second kappa shape index (κ2) is 41.5. The van der Waals surface area contributed by atoms with Gasteiger partial charge >= 0.3 is 0 Å². The topological polar surface area (TPSA) is 788 Å². The fraction of sp³-hybridized carbons (Fsp3) is 0.922. The summed E-state index contributed by atoms with van der Waals surface area (Å²) in [4.78, 5) is 63.5. The molecule has 9 heterocycles. The molecule has 51 heteroatoms. The Bertz CT molecular complexity index is 3100. The number of rotatable bonds is 30. The molecule has 51 nitrogen and oxygen atoms in total. The van der Waals surface area contributed by atoms with Crippen LogP contribution in [0.1, 0.15) is 34.6 Å². The highest BCUT2D eigenvalue weighted by Gasteiger charge is 2.61. The Morgan fingerprint density at radius 1 is 0.226 bits per heavy atom. The Balaban J connectivity index is 1.09. The molecule has 0 spiro atoms. The maximum Gasteiger partial charge on any atom is 0.217 e. The molecule has 9 rings (SSSR count). The number of ether oxygens (including phenoxy) is 17. The molecular weight excluding hydrogens is 1570 g/mol. The molecule has 29 N–H and O–H groups in total. The summed E-state index contributed by atoms with van der Waals surface area (Å²) in [6.45, 7) is -5.23. The first kappa shape index (κ1) is 94.6. The van der Waals surface area contributed by atoms with Crippen molar-refractivity contribution >= 4 is 29.5 Å². The molecule has 9 saturated heterocycles. The van der Waals surface area contributed by atoms with Crippen LogP contribution in [-0.4, -0.2) is 488 Å². The lowest BCUT2D eigenvalue weighted by Gasteiger charge is -2.51. The van der Waals surface area contributed by atoms with Crippen molar-refractivity contribution < 1.29 is 227 Å². The maximum absolute atomic E-state index is 13.0. The van der Waals surface area contributed by atoms with Gasteiger partial charge in [0.15, 0.2) is 56.6 Å². The Hall–Kier alpha value is -4.29. The molecule has 115 heavy (non-hydrogen) atoms. The fourth-order valence-corrected chi connectivity index (χ4v) is 14.9. The van der Waals surface area contributed by atoms with Crippen LogP contribution in [0.25, 0.3) is 0 Å². The summed E-state index contributed by atoms with van der Waals surface area (Å²) in [7, 11) is 0. The number of hydrogen-bond acceptors (Lipinski definition) is 46. The summed E-state index contributed by atoms with van der Waals surface area (Å²) < 4.78 is 102. The Kier molecular flexibility index (Phi) is 34.1. The summed E-state index contributed by atoms with van der Waals surface area (Å²) >= 11 is 0. The van der Waals surface area contributed by atoms with E-state index in [0.29, 0.717) is 0 Å². The first-order chi connectivity index (χ1) is 54.4. The second-order valence-electron chi connectivity index (χ2n) is 28.9. The Morgan fingerprint density at radius 2 is 0.487 bits per heavy atom. The molecule has 9 aliphatic heterocycles. The third-order valence-corrected chi connectivity index (χ3v) is 20.8. The summed E-state index contributed by atoms with van der Waals surface area (Å²) in [5, 5.41) is 280. The molecule has 9 aliphatic rings. The molecule has 0 bridgehead atoms. The average molecular weight is 1680 g/mol. The van der Waals surface area contributed by atoms with E-state index in [1.165, 1.54) is 0 Å². The van der Waals surface area contributed by atoms with E-state index < -0.39 is 365 Å². The second-order valence-corrected chi connectivity index (χ2v) is 28.9. The molecule has 0 aromatic heterocycles. The number of aliphatic hydroxyl groups is 24. The van der Waals surface area contributed by atoms with Crippen molar-refractivity contribution in [2.24, 2.45) is 0 Å². The van der Waals surface area contributed by atoms with Gasteiger partial charge in [0.25, 0.3) is 0 Å². The van der Waals surface area contributed by atoms with Gasteiger partial charge in [-0.15, -0.1) is 0 Å². The smallest absolute Gasteiger partial charge is 0.217 e. The van der Waals surface area contributed by atoms with Gasteiger partial charge in [0.1, 0.15) is 219 Å². The van der Waals surface area contributed by atoms with Crippen LogP contribution in [0.3, 0.4) is 0 Å². The zero-order chi connectivity index (χ0) is 84.8. The minimum atomic E-state index is -2.57. The van der Waals surface area contributed by atoms with Gasteiger partial charge in [-0.25, -0.2) is 0 Å². The summed E-state index contributed by atoms with van der Waals surface area (Å²) in [5.74, 6) is -4.48. The SMILES string of the molecule is CC(=O)N[C@@H]1[C@@H](O)[C@H](O[C@@H]2O[C@H](CO)[C@@H](O[C@@H]3O[C@H](CO[C@H]4O[C@H](CO)[C@@H](O[C@@H]5O[C@H](CO)[C@@H](O[C@@H]6O[C@H](CO)[C@H](O)[C@H](O)[C@H]6O)[C@H](O)[C@H]5NC(C)=O)[C@H](O)[C@@H]4O[C@@H]4O[C@H](CO)[C@@H](O)[C@H](O)[C@H]4NC(C)=O)[C@@H](O)[C@H](O[C@H]4O[C@H](CO)[C@@H](O)[C@H](O)[C@@H]4O[C@@H]4O[C@H](CO)[C@@H](O)[C@H](O)[C@H]4NC(C)=O)[C@@H]3O)[C@H](O)[C@H]2NC(C)=O)[C@@H](CO)O[C@H]1O. The van der Waals surface area contributed by atoms with Crippen LogP contribution in [0.2, 0.25) is 0 Å². The highest BCUT2D eigenvalue weighted by molar-refractivity contribution is 5.75. The van der Waals surface area contributed by atoms with Crippen molar-refractivity contribution in [2.45, 2.75) is 311 Å². The normalized spacial score (nSPS) is 47.9. The minimum Gasteiger partial charge on any atom is -0.394 e. The van der Waals surface area contributed by atoms with E-state index in [-0.39, 0.29) is 0 Å². The van der Waals surface area contributed by atoms with E-state index in [4.69, 9.17) is 80.5 Å². The lowest BCUT2D eigenvalue weighted by molar-refractivity contribution is -0.398. The quantitative estimate of drug-likeness (QED) is 0.0318. The van der Waals surface area contributed by atoms with Gasteiger partial charge < -0.3 is 230 Å². The highest BCUT2D eigenvalue weighted by atomic mass is 16.8. The van der Waals surface area contributed by atoms with Gasteiger partial charge in [-0.2, -0.15) is 0 Å². The van der Waals surface area contributed by atoms with Crippen LogP contribution >= 0.6 is 0 Å². The molecule has 0 aromatic rings. The summed E-state index contributed by atoms with van der Waals surface area (Å²) in [6, 6.07) is -9.19. The van der Waals surface area contributed by atoms with Crippen molar-refractivity contribution in [1.82, 2.24) is 26.6 Å². The number of nitrogens with one attached hydrogen (secondary N) is 5. The van der Waals surface area contributed by atoms with Crippen LogP contribution in [0.4, 0.5) is 0 Å². The number of amides is 5. The third kappa shape index (κ3) is 21.3. The largest absolute Gasteiger partial charge is 0.394 e. The predicted octanol–water partition coefficient (Wildman–Crippen LogP) is -19.9. The van der Waals surface area contributed by atoms with Gasteiger partial charge in [-0.3, -0.25) is 24.0 Å². The highest BCUT2D eigenvalue weighted by Crippen LogP contribution is 2.40. The predicted molar refractivity (Wildman–Crippen MR) is 355 cm³/mol. The maximum atomic E-state index is 13.0. The van der Waals surface area contributed by atoms with E-state index in [2.05, 4.69) is 26.6 Å². The van der Waals surface area contributed by atoms with Gasteiger partial charge in [0, 0.05) is 34.6 Å². The van der Waals surface area contributed by atoms with Crippen LogP contribution in [0.5, 0.6) is 0 Å².